The largest absolute Gasteiger partial charge is 0.504 e. The molecule has 10 heterocycles. The van der Waals surface area contributed by atoms with E-state index in [2.05, 4.69) is 40.7 Å². The van der Waals surface area contributed by atoms with Gasteiger partial charge in [-0.3, -0.25) is 4.79 Å². The predicted octanol–water partition coefficient (Wildman–Crippen LogP) is -9.78. The van der Waals surface area contributed by atoms with Crippen molar-refractivity contribution in [2.24, 2.45) is 50.2 Å². The van der Waals surface area contributed by atoms with E-state index in [0.717, 1.165) is 17.7 Å². The normalized spacial score (nSPS) is 51.5. The van der Waals surface area contributed by atoms with Gasteiger partial charge in [0.15, 0.2) is 74.2 Å². The number of carbonyl (C=O) groups is 2. The number of fused-ring (bicyclic) bond motifs is 7. The molecular formula is C98H152O52. The van der Waals surface area contributed by atoms with Crippen LogP contribution in [-0.4, -0.2) is 516 Å². The van der Waals surface area contributed by atoms with Gasteiger partial charge in [0.2, 0.25) is 6.29 Å². The standard InChI is InChI=1S/C98H152O52/c1-35-54(106)62(114)69(121)82(134-35)131-31-47-58(110)64(116)71(123)87(141-47)148-79-61(113)44(27-99)137-91(81(79)144-53(105)16-12-38-11-14-43(129-10)41(103)25-38)146-77-46(29-101)139-86(74(126)67(77)119)140-49-33-133-84(68(120)60(49)112)147-78-56(108)37(3)136-89(75(78)127)149-80-57(109)42(104)30-130-90(80)143-52-18-19-94(6)50(95(52,7)34-102)17-20-97(9)51(94)15-13-39-40-26-93(4,5)21-23-98(40,24-22-96(39,97)8)92(128)150-88-72(124)65(117)59(111)48(142-88)32-132-83-73(125)66(118)76(45(28-100)138-83)145-85-70(122)63(115)55(107)36(2)135-85/h11-14,16,25,35-37,40,42,44-52,54-91,99-104,106-127H,15,17-24,26-34H2,1-10H3/b16-12+/t35-,36-,37-,40-,42-,44+,45+,46+,47+,48+,49+,50+,51+,52-,54-,55-,56-,57-,58+,59+,60+,61+,62+,63+,64-,65-,66+,67+,68+,69+,70+,71+,72+,73+,74+,75+,76+,77+,78+,79-,80+,81+,82+,83+,84-,85-,86-,87-,88-,89-,90-,91-,94-,95-,96+,97+,98-/m0/s1. The summed E-state index contributed by atoms with van der Waals surface area (Å²) in [5.41, 5.74) is -2.70. The van der Waals surface area contributed by atoms with Crippen LogP contribution < -0.4 is 4.74 Å². The van der Waals surface area contributed by atoms with Gasteiger partial charge in [-0.25, -0.2) is 4.79 Å². The maximum absolute atomic E-state index is 15.5. The Morgan fingerprint density at radius 3 is 1.50 bits per heavy atom. The number of hydrogen-bond donors (Lipinski definition) is 28. The lowest BCUT2D eigenvalue weighted by Gasteiger charge is -2.71. The molecule has 0 radical (unpaired) electrons. The molecule has 10 saturated heterocycles. The third kappa shape index (κ3) is 22.3. The summed E-state index contributed by atoms with van der Waals surface area (Å²) < 4.78 is 131. The first-order valence-electron chi connectivity index (χ1n) is 51.3. The zero-order valence-corrected chi connectivity index (χ0v) is 84.5. The number of aliphatic hydroxyl groups excluding tert-OH is 27. The summed E-state index contributed by atoms with van der Waals surface area (Å²) in [5, 5.41) is 314. The lowest BCUT2D eigenvalue weighted by atomic mass is 9.33. The first-order chi connectivity index (χ1) is 70.8. The molecule has 28 N–H and O–H groups in total. The number of benzene rings is 1. The number of esters is 2. The molecule has 856 valence electrons. The van der Waals surface area contributed by atoms with Crippen molar-refractivity contribution < 1.29 is 257 Å². The Kier molecular flexibility index (Phi) is 36.9. The molecule has 1 aromatic rings. The van der Waals surface area contributed by atoms with Gasteiger partial charge in [0.25, 0.3) is 0 Å². The fourth-order valence-corrected chi connectivity index (χ4v) is 25.7. The minimum atomic E-state index is -2.28. The Bertz CT molecular complexity index is 4680. The van der Waals surface area contributed by atoms with Crippen LogP contribution in [0.4, 0.5) is 0 Å². The van der Waals surface area contributed by atoms with Crippen LogP contribution >= 0.6 is 0 Å². The molecule has 15 aliphatic rings. The van der Waals surface area contributed by atoms with E-state index in [9.17, 15) is 148 Å². The van der Waals surface area contributed by atoms with E-state index in [1.165, 1.54) is 46.1 Å². The van der Waals surface area contributed by atoms with Crippen molar-refractivity contribution in [3.05, 3.63) is 41.5 Å². The summed E-state index contributed by atoms with van der Waals surface area (Å²) in [6.45, 7) is 10.9. The molecule has 52 nitrogen and oxygen atoms in total. The highest BCUT2D eigenvalue weighted by Crippen LogP contribution is 2.76. The van der Waals surface area contributed by atoms with Crippen molar-refractivity contribution in [1.82, 2.24) is 0 Å². The fraction of sp³-hybridized carbons (Fsp3) is 0.878. The van der Waals surface area contributed by atoms with Crippen LogP contribution in [0.1, 0.15) is 132 Å². The zero-order valence-electron chi connectivity index (χ0n) is 84.5. The van der Waals surface area contributed by atoms with Gasteiger partial charge in [-0.15, -0.1) is 0 Å². The van der Waals surface area contributed by atoms with Gasteiger partial charge in [-0.1, -0.05) is 59.3 Å². The number of rotatable bonds is 30. The van der Waals surface area contributed by atoms with E-state index in [-0.39, 0.29) is 34.3 Å². The molecule has 0 amide bonds. The Balaban J connectivity index is 0.550. The smallest absolute Gasteiger partial charge is 0.331 e. The summed E-state index contributed by atoms with van der Waals surface area (Å²) in [4.78, 5) is 29.5. The summed E-state index contributed by atoms with van der Waals surface area (Å²) in [6, 6.07) is 4.01. The van der Waals surface area contributed by atoms with Crippen LogP contribution in [0, 0.1) is 50.2 Å². The van der Waals surface area contributed by atoms with E-state index in [0.29, 0.717) is 64.2 Å². The van der Waals surface area contributed by atoms with E-state index >= 15 is 4.79 Å². The Labute approximate surface area is 862 Å². The number of aromatic hydroxyl groups is 1. The predicted molar refractivity (Wildman–Crippen MR) is 491 cm³/mol. The molecule has 16 rings (SSSR count). The van der Waals surface area contributed by atoms with Gasteiger partial charge in [0.05, 0.1) is 89.8 Å². The molecular weight excluding hydrogens is 2010 g/mol. The quantitative estimate of drug-likeness (QED) is 0.0147. The molecule has 0 bridgehead atoms. The highest BCUT2D eigenvalue weighted by Gasteiger charge is 2.72. The monoisotopic (exact) mass is 2160 g/mol. The summed E-state index contributed by atoms with van der Waals surface area (Å²) in [5.74, 6) is -2.94. The summed E-state index contributed by atoms with van der Waals surface area (Å²) >= 11 is 0. The number of carbonyl (C=O) groups excluding carboxylic acids is 2. The van der Waals surface area contributed by atoms with Gasteiger partial charge < -0.3 is 247 Å². The number of phenolic OH excluding ortho intramolecular Hbond substituents is 1. The third-order valence-electron chi connectivity index (χ3n) is 35.2. The topological polar surface area (TPSA) is 804 Å². The minimum Gasteiger partial charge on any atom is -0.504 e. The molecule has 1 aromatic carbocycles. The first-order valence-corrected chi connectivity index (χ1v) is 51.3. The summed E-state index contributed by atoms with van der Waals surface area (Å²) in [7, 11) is 1.29. The number of hydrogen-bond acceptors (Lipinski definition) is 52. The maximum atomic E-state index is 15.5. The van der Waals surface area contributed by atoms with E-state index in [4.69, 9.17) is 104 Å². The van der Waals surface area contributed by atoms with Crippen molar-refractivity contribution in [3.63, 3.8) is 0 Å². The highest BCUT2D eigenvalue weighted by atomic mass is 16.8. The van der Waals surface area contributed by atoms with Gasteiger partial charge in [0.1, 0.15) is 208 Å². The van der Waals surface area contributed by atoms with Crippen LogP contribution in [0.15, 0.2) is 35.9 Å². The minimum absolute atomic E-state index is 0.0300. The average molecular weight is 2160 g/mol. The van der Waals surface area contributed by atoms with Crippen molar-refractivity contribution in [1.29, 1.82) is 0 Å². The molecule has 0 spiro atoms. The molecule has 10 aliphatic heterocycles. The van der Waals surface area contributed by atoms with Crippen LogP contribution in [0.2, 0.25) is 0 Å². The number of aliphatic hydroxyl groups is 27. The second-order valence-corrected chi connectivity index (χ2v) is 44.8. The molecule has 57 atom stereocenters. The Morgan fingerprint density at radius 2 is 0.893 bits per heavy atom. The molecule has 14 fully saturated rings. The zero-order chi connectivity index (χ0) is 109. The second kappa shape index (κ2) is 47.0. The Morgan fingerprint density at radius 1 is 0.407 bits per heavy atom. The molecule has 5 aliphatic carbocycles. The molecule has 150 heavy (non-hydrogen) atoms. The number of phenols is 1. The average Bonchev–Trinajstić information content (AvgIpc) is 0.671. The van der Waals surface area contributed by atoms with Crippen molar-refractivity contribution in [2.45, 2.75) is 427 Å². The molecule has 4 saturated carbocycles. The Hall–Kier alpha value is -4.60. The third-order valence-corrected chi connectivity index (χ3v) is 35.2. The first kappa shape index (κ1) is 118. The van der Waals surface area contributed by atoms with Crippen LogP contribution in [0.5, 0.6) is 11.5 Å². The number of allylic oxidation sites excluding steroid dienone is 2. The molecule has 52 heteroatoms. The van der Waals surface area contributed by atoms with Crippen LogP contribution in [0.3, 0.4) is 0 Å². The SMILES string of the molecule is COc1ccc(/C=C/C(=O)O[C@H]2[C@H](O[C@H]3[C@H](O)[C@@H](O)[C@H](O[C@@H]4CO[C@@H](O[C@@H]5[C@@H](O)[C@H](C)O[C@@H](O[C@H]6[C@H](O[C@H]7CC[C@@]8(C)[C@@H](CC[C@]9(C)[C@@H]8CC=C8[C@@H]%10CC(C)(C)CC[C@]%10(C(=O)O[C@@H]%10O[C@H](CO[C@@H]%11O[C@H](CO)[C@@H](O[C@@H]%12O[C@@H](C)[C@H](O)[C@@H](O)[C@H]%12O)[C@H](O)[C@H]%11O)[C@@H](O)[C@H](O)[C@H]%10O)CC[C@]89C)[C@]7(C)CO)OC[C@H](O)[C@@H]6O)[C@@H]5O)[C@H](O)[C@@H]4O)O[C@@H]3CO)O[C@H](CO)[C@@H](O)[C@@H]2O[C@@H]2O[C@H](CO[C@@H]3O[C@@H](C)[C@H](O)[C@@H](O)[C@H]3O)[C@@H](O)[C@H](O)[C@H]2O)cc1O. The van der Waals surface area contributed by atoms with Crippen molar-refractivity contribution >= 4 is 18.0 Å². The van der Waals surface area contributed by atoms with Gasteiger partial charge >= 0.3 is 11.9 Å². The van der Waals surface area contributed by atoms with Gasteiger partial charge in [-0.2, -0.15) is 0 Å². The van der Waals surface area contributed by atoms with E-state index in [1.807, 2.05) is 6.92 Å². The van der Waals surface area contributed by atoms with E-state index in [1.54, 1.807) is 0 Å². The van der Waals surface area contributed by atoms with Gasteiger partial charge in [0, 0.05) is 11.5 Å². The lowest BCUT2D eigenvalue weighted by molar-refractivity contribution is -0.391. The second-order valence-electron chi connectivity index (χ2n) is 44.8. The van der Waals surface area contributed by atoms with Crippen molar-refractivity contribution in [3.8, 4) is 11.5 Å². The summed E-state index contributed by atoms with van der Waals surface area (Å²) in [6.07, 6.45) is -79.9. The van der Waals surface area contributed by atoms with Crippen LogP contribution in [0.25, 0.3) is 6.08 Å². The maximum Gasteiger partial charge on any atom is 0.331 e. The molecule has 0 unspecified atom stereocenters. The van der Waals surface area contributed by atoms with Gasteiger partial charge in [-0.05, 0) is 148 Å². The molecule has 0 aromatic heterocycles. The van der Waals surface area contributed by atoms with Crippen molar-refractivity contribution in [2.75, 3.05) is 60.0 Å². The number of methoxy groups -OCH3 is 1. The lowest BCUT2D eigenvalue weighted by Crippen LogP contribution is -2.68. The van der Waals surface area contributed by atoms with Crippen LogP contribution in [-0.2, 0) is 109 Å². The highest BCUT2D eigenvalue weighted by molar-refractivity contribution is 5.87. The number of ether oxygens (including phenoxy) is 22. The van der Waals surface area contributed by atoms with E-state index < -0.39 is 399 Å². The fourth-order valence-electron chi connectivity index (χ4n) is 25.7.